The van der Waals surface area contributed by atoms with Crippen molar-refractivity contribution in [2.75, 3.05) is 10.6 Å². The summed E-state index contributed by atoms with van der Waals surface area (Å²) in [5, 5.41) is 5.60. The Morgan fingerprint density at radius 2 is 1.17 bits per heavy atom. The van der Waals surface area contributed by atoms with Crippen LogP contribution < -0.4 is 10.6 Å². The summed E-state index contributed by atoms with van der Waals surface area (Å²) in [6.07, 6.45) is 0. The molecule has 0 heterocycles. The molecule has 0 saturated heterocycles. The van der Waals surface area contributed by atoms with E-state index in [1.54, 1.807) is 72.8 Å². The van der Waals surface area contributed by atoms with Gasteiger partial charge < -0.3 is 10.6 Å². The first kappa shape index (κ1) is 20.0. The van der Waals surface area contributed by atoms with E-state index in [4.69, 9.17) is 0 Å². The lowest BCUT2D eigenvalue weighted by Crippen LogP contribution is -2.18. The minimum Gasteiger partial charge on any atom is -0.326 e. The number of rotatable bonds is 6. The Morgan fingerprint density at radius 3 is 1.76 bits per heavy atom. The SMILES string of the molecule is CC(C)C(=O)Nc1ccc(NC(=O)c2ccccc2C(=O)c2ccccc2)cc1. The zero-order valence-corrected chi connectivity index (χ0v) is 16.3. The number of hydrogen-bond acceptors (Lipinski definition) is 3. The predicted molar refractivity (Wildman–Crippen MR) is 114 cm³/mol. The van der Waals surface area contributed by atoms with Gasteiger partial charge in [-0.2, -0.15) is 0 Å². The Morgan fingerprint density at radius 1 is 0.655 bits per heavy atom. The summed E-state index contributed by atoms with van der Waals surface area (Å²) in [5.41, 5.74) is 2.40. The Kier molecular flexibility index (Phi) is 6.19. The van der Waals surface area contributed by atoms with Crippen LogP contribution in [0.2, 0.25) is 0 Å². The third-order valence-electron chi connectivity index (χ3n) is 4.39. The molecule has 0 fully saturated rings. The lowest BCUT2D eigenvalue weighted by Gasteiger charge is -2.11. The maximum Gasteiger partial charge on any atom is 0.256 e. The van der Waals surface area contributed by atoms with E-state index in [-0.39, 0.29) is 23.5 Å². The Balaban J connectivity index is 1.76. The van der Waals surface area contributed by atoms with Gasteiger partial charge in [-0.1, -0.05) is 62.4 Å². The molecule has 0 aromatic heterocycles. The van der Waals surface area contributed by atoms with Crippen molar-refractivity contribution in [1.29, 1.82) is 0 Å². The van der Waals surface area contributed by atoms with Crippen LogP contribution in [-0.4, -0.2) is 17.6 Å². The molecule has 0 aliphatic heterocycles. The zero-order valence-electron chi connectivity index (χ0n) is 16.3. The smallest absolute Gasteiger partial charge is 0.256 e. The second-order valence-electron chi connectivity index (χ2n) is 6.92. The van der Waals surface area contributed by atoms with Crippen LogP contribution in [0.25, 0.3) is 0 Å². The average Bonchev–Trinajstić information content (AvgIpc) is 2.75. The molecule has 2 N–H and O–H groups in total. The van der Waals surface area contributed by atoms with E-state index in [1.807, 2.05) is 19.9 Å². The maximum absolute atomic E-state index is 12.8. The van der Waals surface area contributed by atoms with Crippen molar-refractivity contribution in [3.05, 3.63) is 95.6 Å². The second kappa shape index (κ2) is 8.97. The first-order valence-corrected chi connectivity index (χ1v) is 9.37. The van der Waals surface area contributed by atoms with Crippen LogP contribution in [0.1, 0.15) is 40.1 Å². The summed E-state index contributed by atoms with van der Waals surface area (Å²) in [7, 11) is 0. The number of ketones is 1. The van der Waals surface area contributed by atoms with Crippen LogP contribution in [0.15, 0.2) is 78.9 Å². The zero-order chi connectivity index (χ0) is 20.8. The van der Waals surface area contributed by atoms with Gasteiger partial charge in [0.1, 0.15) is 0 Å². The van der Waals surface area contributed by atoms with Crippen LogP contribution in [0.3, 0.4) is 0 Å². The van der Waals surface area contributed by atoms with Crippen molar-refractivity contribution < 1.29 is 14.4 Å². The molecule has 0 radical (unpaired) electrons. The molecule has 0 atom stereocenters. The maximum atomic E-state index is 12.8. The minimum absolute atomic E-state index is 0.0739. The van der Waals surface area contributed by atoms with Crippen molar-refractivity contribution >= 4 is 29.0 Å². The molecule has 0 aliphatic carbocycles. The highest BCUT2D eigenvalue weighted by Crippen LogP contribution is 2.19. The molecule has 3 aromatic carbocycles. The topological polar surface area (TPSA) is 75.3 Å². The quantitative estimate of drug-likeness (QED) is 0.600. The highest BCUT2D eigenvalue weighted by atomic mass is 16.2. The fraction of sp³-hybridized carbons (Fsp3) is 0.125. The highest BCUT2D eigenvalue weighted by Gasteiger charge is 2.18. The summed E-state index contributed by atoms with van der Waals surface area (Å²) >= 11 is 0. The van der Waals surface area contributed by atoms with Gasteiger partial charge in [-0.3, -0.25) is 14.4 Å². The fourth-order valence-corrected chi connectivity index (χ4v) is 2.75. The summed E-state index contributed by atoms with van der Waals surface area (Å²) in [6.45, 7) is 3.64. The van der Waals surface area contributed by atoms with Gasteiger partial charge >= 0.3 is 0 Å². The largest absolute Gasteiger partial charge is 0.326 e. The van der Waals surface area contributed by atoms with Crippen LogP contribution >= 0.6 is 0 Å². The van der Waals surface area contributed by atoms with Gasteiger partial charge in [-0.15, -0.1) is 0 Å². The molecule has 0 spiro atoms. The molecule has 146 valence electrons. The first-order chi connectivity index (χ1) is 14.0. The first-order valence-electron chi connectivity index (χ1n) is 9.37. The van der Waals surface area contributed by atoms with Crippen molar-refractivity contribution in [1.82, 2.24) is 0 Å². The van der Waals surface area contributed by atoms with E-state index >= 15 is 0 Å². The number of nitrogens with one attached hydrogen (secondary N) is 2. The highest BCUT2D eigenvalue weighted by molar-refractivity contribution is 6.17. The monoisotopic (exact) mass is 386 g/mol. The number of carbonyl (C=O) groups excluding carboxylic acids is 3. The molecule has 0 unspecified atom stereocenters. The molecule has 29 heavy (non-hydrogen) atoms. The fourth-order valence-electron chi connectivity index (χ4n) is 2.75. The lowest BCUT2D eigenvalue weighted by atomic mass is 9.98. The molecule has 5 nitrogen and oxygen atoms in total. The second-order valence-corrected chi connectivity index (χ2v) is 6.92. The number of hydrogen-bond donors (Lipinski definition) is 2. The van der Waals surface area contributed by atoms with E-state index < -0.39 is 0 Å². The Hall–Kier alpha value is -3.73. The van der Waals surface area contributed by atoms with Gasteiger partial charge in [0.05, 0.1) is 5.56 Å². The van der Waals surface area contributed by atoms with Gasteiger partial charge in [0, 0.05) is 28.4 Å². The molecule has 2 amide bonds. The predicted octanol–water partition coefficient (Wildman–Crippen LogP) is 4.76. The van der Waals surface area contributed by atoms with Gasteiger partial charge in [-0.25, -0.2) is 0 Å². The molecule has 3 rings (SSSR count). The van der Waals surface area contributed by atoms with Crippen molar-refractivity contribution in [3.63, 3.8) is 0 Å². The molecule has 3 aromatic rings. The minimum atomic E-state index is -0.371. The summed E-state index contributed by atoms with van der Waals surface area (Å²) < 4.78 is 0. The van der Waals surface area contributed by atoms with Crippen molar-refractivity contribution in [2.24, 2.45) is 5.92 Å². The van der Waals surface area contributed by atoms with E-state index in [2.05, 4.69) is 10.6 Å². The number of anilines is 2. The molecule has 0 bridgehead atoms. The molecular weight excluding hydrogens is 364 g/mol. The van der Waals surface area contributed by atoms with Crippen LogP contribution in [0.4, 0.5) is 11.4 Å². The average molecular weight is 386 g/mol. The van der Waals surface area contributed by atoms with E-state index in [0.29, 0.717) is 28.1 Å². The van der Waals surface area contributed by atoms with E-state index in [0.717, 1.165) is 0 Å². The van der Waals surface area contributed by atoms with Gasteiger partial charge in [-0.05, 0) is 30.3 Å². The van der Waals surface area contributed by atoms with Gasteiger partial charge in [0.25, 0.3) is 5.91 Å². The number of amides is 2. The molecule has 0 aliphatic rings. The third kappa shape index (κ3) is 4.96. The Bertz CT molecular complexity index is 1030. The van der Waals surface area contributed by atoms with Crippen molar-refractivity contribution in [3.8, 4) is 0 Å². The van der Waals surface area contributed by atoms with Crippen LogP contribution in [-0.2, 0) is 4.79 Å². The van der Waals surface area contributed by atoms with Crippen molar-refractivity contribution in [2.45, 2.75) is 13.8 Å². The molecular formula is C24H22N2O3. The number of carbonyl (C=O) groups is 3. The van der Waals surface area contributed by atoms with Gasteiger partial charge in [0.15, 0.2) is 5.78 Å². The normalized spacial score (nSPS) is 10.4. The van der Waals surface area contributed by atoms with Crippen LogP contribution in [0, 0.1) is 5.92 Å². The van der Waals surface area contributed by atoms with E-state index in [1.165, 1.54) is 0 Å². The molecule has 5 heteroatoms. The molecule has 0 saturated carbocycles. The van der Waals surface area contributed by atoms with Gasteiger partial charge in [0.2, 0.25) is 5.91 Å². The van der Waals surface area contributed by atoms with E-state index in [9.17, 15) is 14.4 Å². The third-order valence-corrected chi connectivity index (χ3v) is 4.39. The summed E-state index contributed by atoms with van der Waals surface area (Å²) in [6, 6.07) is 22.4. The Labute approximate surface area is 169 Å². The van der Waals surface area contributed by atoms with Crippen LogP contribution in [0.5, 0.6) is 0 Å². The number of benzene rings is 3. The summed E-state index contributed by atoms with van der Waals surface area (Å²) in [4.78, 5) is 37.4. The standard InChI is InChI=1S/C24H22N2O3/c1-16(2)23(28)25-18-12-14-19(15-13-18)26-24(29)21-11-7-6-10-20(21)22(27)17-8-4-3-5-9-17/h3-16H,1-2H3,(H,25,28)(H,26,29). The lowest BCUT2D eigenvalue weighted by molar-refractivity contribution is -0.118. The summed E-state index contributed by atoms with van der Waals surface area (Å²) in [5.74, 6) is -0.768.